The number of piperazine rings is 1. The zero-order chi connectivity index (χ0) is 24.8. The minimum Gasteiger partial charge on any atom is -0.369 e. The number of nitrogens with zero attached hydrogens (tertiary/aromatic N) is 3. The molecule has 35 heavy (non-hydrogen) atoms. The van der Waals surface area contributed by atoms with Crippen molar-refractivity contribution in [1.82, 2.24) is 9.21 Å². The Labute approximate surface area is 215 Å². The van der Waals surface area contributed by atoms with Crippen LogP contribution < -0.4 is 4.90 Å². The number of hydrogen-bond donors (Lipinski definition) is 0. The fraction of sp³-hybridized carbons (Fsp3) is 0.357. The highest BCUT2D eigenvalue weighted by molar-refractivity contribution is 7.89. The summed E-state index contributed by atoms with van der Waals surface area (Å²) >= 11 is 6.30. The van der Waals surface area contributed by atoms with Crippen molar-refractivity contribution >= 4 is 27.3 Å². The van der Waals surface area contributed by atoms with Crippen LogP contribution in [-0.4, -0.2) is 63.9 Å². The SMILES string of the molecule is Cc1ccccc1N1CCN(CC[C@H](CN(C)S(=O)(=O)c2ccccc2)c2cccc(Cl)c2)CC1. The van der Waals surface area contributed by atoms with Gasteiger partial charge in [-0.3, -0.25) is 4.90 Å². The van der Waals surface area contributed by atoms with E-state index in [1.807, 2.05) is 24.3 Å². The highest BCUT2D eigenvalue weighted by Crippen LogP contribution is 2.27. The minimum absolute atomic E-state index is 0.0478. The lowest BCUT2D eigenvalue weighted by atomic mass is 9.95. The van der Waals surface area contributed by atoms with Gasteiger partial charge in [-0.2, -0.15) is 0 Å². The molecule has 1 saturated heterocycles. The molecule has 1 aliphatic heterocycles. The molecule has 0 unspecified atom stereocenters. The van der Waals surface area contributed by atoms with Crippen LogP contribution in [-0.2, 0) is 10.0 Å². The molecule has 1 atom stereocenters. The lowest BCUT2D eigenvalue weighted by molar-refractivity contribution is 0.244. The van der Waals surface area contributed by atoms with E-state index in [-0.39, 0.29) is 5.92 Å². The van der Waals surface area contributed by atoms with E-state index in [2.05, 4.69) is 47.1 Å². The molecule has 0 amide bonds. The van der Waals surface area contributed by atoms with Gasteiger partial charge in [0.25, 0.3) is 0 Å². The van der Waals surface area contributed by atoms with Gasteiger partial charge in [-0.25, -0.2) is 12.7 Å². The molecule has 0 N–H and O–H groups in total. The largest absolute Gasteiger partial charge is 0.369 e. The van der Waals surface area contributed by atoms with Gasteiger partial charge in [-0.15, -0.1) is 0 Å². The van der Waals surface area contributed by atoms with Gasteiger partial charge < -0.3 is 4.90 Å². The molecule has 0 aliphatic carbocycles. The van der Waals surface area contributed by atoms with Crippen LogP contribution in [0.4, 0.5) is 5.69 Å². The number of likely N-dealkylation sites (N-methyl/N-ethyl adjacent to an activating group) is 1. The number of rotatable bonds is 9. The first-order chi connectivity index (χ1) is 16.8. The highest BCUT2D eigenvalue weighted by Gasteiger charge is 2.26. The molecule has 0 bridgehead atoms. The first-order valence-corrected chi connectivity index (χ1v) is 14.0. The molecule has 4 rings (SSSR count). The fourth-order valence-electron chi connectivity index (χ4n) is 4.77. The number of para-hydroxylation sites is 1. The second-order valence-corrected chi connectivity index (χ2v) is 11.7. The van der Waals surface area contributed by atoms with Gasteiger partial charge in [0.2, 0.25) is 10.0 Å². The van der Waals surface area contributed by atoms with Crippen molar-refractivity contribution in [3.63, 3.8) is 0 Å². The topological polar surface area (TPSA) is 43.9 Å². The van der Waals surface area contributed by atoms with Crippen LogP contribution in [0.1, 0.15) is 23.5 Å². The molecule has 7 heteroatoms. The molecular weight excluding hydrogens is 478 g/mol. The predicted molar refractivity (Wildman–Crippen MR) is 145 cm³/mol. The maximum absolute atomic E-state index is 13.2. The van der Waals surface area contributed by atoms with E-state index in [4.69, 9.17) is 11.6 Å². The number of aryl methyl sites for hydroxylation is 1. The minimum atomic E-state index is -3.56. The molecule has 0 aromatic heterocycles. The van der Waals surface area contributed by atoms with Crippen molar-refractivity contribution in [2.24, 2.45) is 0 Å². The summed E-state index contributed by atoms with van der Waals surface area (Å²) in [4.78, 5) is 5.26. The first-order valence-electron chi connectivity index (χ1n) is 12.1. The quantitative estimate of drug-likeness (QED) is 0.393. The van der Waals surface area contributed by atoms with Crippen LogP contribution in [0.25, 0.3) is 0 Å². The second kappa shape index (κ2) is 11.6. The summed E-state index contributed by atoms with van der Waals surface area (Å²) in [5, 5.41) is 0.674. The Kier molecular flexibility index (Phi) is 8.50. The van der Waals surface area contributed by atoms with Crippen molar-refractivity contribution in [3.05, 3.63) is 95.0 Å². The van der Waals surface area contributed by atoms with Crippen molar-refractivity contribution in [1.29, 1.82) is 0 Å². The molecule has 0 radical (unpaired) electrons. The van der Waals surface area contributed by atoms with E-state index in [1.54, 1.807) is 31.3 Å². The van der Waals surface area contributed by atoms with E-state index in [0.717, 1.165) is 44.7 Å². The number of benzene rings is 3. The molecule has 186 valence electrons. The summed E-state index contributed by atoms with van der Waals surface area (Å²) in [5.74, 6) is 0.0478. The molecule has 3 aromatic carbocycles. The molecule has 1 fully saturated rings. The Morgan fingerprint density at radius 3 is 2.29 bits per heavy atom. The van der Waals surface area contributed by atoms with E-state index in [1.165, 1.54) is 15.6 Å². The molecule has 1 heterocycles. The molecule has 5 nitrogen and oxygen atoms in total. The molecule has 3 aromatic rings. The Balaban J connectivity index is 1.42. The first kappa shape index (κ1) is 25.7. The van der Waals surface area contributed by atoms with Crippen LogP contribution in [0.5, 0.6) is 0 Å². The summed E-state index contributed by atoms with van der Waals surface area (Å²) < 4.78 is 27.8. The van der Waals surface area contributed by atoms with Gasteiger partial charge >= 0.3 is 0 Å². The van der Waals surface area contributed by atoms with E-state index >= 15 is 0 Å². The second-order valence-electron chi connectivity index (χ2n) is 9.25. The van der Waals surface area contributed by atoms with Gasteiger partial charge in [0.05, 0.1) is 4.90 Å². The van der Waals surface area contributed by atoms with Crippen LogP contribution in [0.2, 0.25) is 5.02 Å². The standard InChI is InChI=1S/C28H34ClN3O2S/c1-23-9-6-7-14-28(23)32-19-17-31(18-20-32)16-15-25(24-10-8-11-26(29)21-24)22-30(2)35(33,34)27-12-4-3-5-13-27/h3-14,21,25H,15-20,22H2,1-2H3/t25-/m1/s1. The summed E-state index contributed by atoms with van der Waals surface area (Å²) in [5.41, 5.74) is 3.70. The maximum Gasteiger partial charge on any atom is 0.242 e. The van der Waals surface area contributed by atoms with Gasteiger partial charge in [-0.05, 0) is 67.3 Å². The van der Waals surface area contributed by atoms with Crippen LogP contribution >= 0.6 is 11.6 Å². The third kappa shape index (κ3) is 6.44. The normalized spacial score (nSPS) is 15.9. The highest BCUT2D eigenvalue weighted by atomic mass is 35.5. The summed E-state index contributed by atoms with van der Waals surface area (Å²) in [6.07, 6.45) is 0.860. The Hall–Kier alpha value is -2.38. The van der Waals surface area contributed by atoms with Gasteiger partial charge in [0.1, 0.15) is 0 Å². The molecular formula is C28H34ClN3O2S. The summed E-state index contributed by atoms with van der Waals surface area (Å²) in [6, 6.07) is 25.0. The zero-order valence-corrected chi connectivity index (χ0v) is 22.0. The number of hydrogen-bond acceptors (Lipinski definition) is 4. The van der Waals surface area contributed by atoms with Crippen LogP contribution in [0.3, 0.4) is 0 Å². The third-order valence-corrected chi connectivity index (χ3v) is 8.94. The van der Waals surface area contributed by atoms with E-state index < -0.39 is 10.0 Å². The Bertz CT molecular complexity index is 1210. The van der Waals surface area contributed by atoms with Gasteiger partial charge in [0, 0.05) is 50.5 Å². The summed E-state index contributed by atoms with van der Waals surface area (Å²) in [6.45, 7) is 7.46. The van der Waals surface area contributed by atoms with Crippen LogP contribution in [0.15, 0.2) is 83.8 Å². The zero-order valence-electron chi connectivity index (χ0n) is 20.5. The Morgan fingerprint density at radius 1 is 0.914 bits per heavy atom. The average Bonchev–Trinajstić information content (AvgIpc) is 2.87. The van der Waals surface area contributed by atoms with Crippen molar-refractivity contribution < 1.29 is 8.42 Å². The number of sulfonamides is 1. The van der Waals surface area contributed by atoms with Crippen LogP contribution in [0, 0.1) is 6.92 Å². The third-order valence-electron chi connectivity index (χ3n) is 6.87. The van der Waals surface area contributed by atoms with E-state index in [9.17, 15) is 8.42 Å². The van der Waals surface area contributed by atoms with Crippen molar-refractivity contribution in [2.45, 2.75) is 24.2 Å². The molecule has 0 saturated carbocycles. The van der Waals surface area contributed by atoms with Crippen molar-refractivity contribution in [3.8, 4) is 0 Å². The average molecular weight is 512 g/mol. The van der Waals surface area contributed by atoms with E-state index in [0.29, 0.717) is 16.5 Å². The van der Waals surface area contributed by atoms with Crippen molar-refractivity contribution in [2.75, 3.05) is 51.2 Å². The monoisotopic (exact) mass is 511 g/mol. The fourth-order valence-corrected chi connectivity index (χ4v) is 6.21. The molecule has 0 spiro atoms. The Morgan fingerprint density at radius 2 is 1.60 bits per heavy atom. The number of anilines is 1. The smallest absolute Gasteiger partial charge is 0.242 e. The lowest BCUT2D eigenvalue weighted by Gasteiger charge is -2.37. The maximum atomic E-state index is 13.2. The van der Waals surface area contributed by atoms with Gasteiger partial charge in [0.15, 0.2) is 0 Å². The summed E-state index contributed by atoms with van der Waals surface area (Å²) in [7, 11) is -1.89. The number of halogens is 1. The van der Waals surface area contributed by atoms with Gasteiger partial charge in [-0.1, -0.05) is 60.1 Å². The lowest BCUT2D eigenvalue weighted by Crippen LogP contribution is -2.47. The predicted octanol–water partition coefficient (Wildman–Crippen LogP) is 5.27. The molecule has 1 aliphatic rings.